The number of piperidine rings is 1. The molecule has 14 heteroatoms. The van der Waals surface area contributed by atoms with E-state index in [0.717, 1.165) is 49.2 Å². The number of carbonyl (C=O) groups excluding carboxylic acids is 5. The van der Waals surface area contributed by atoms with Gasteiger partial charge in [-0.2, -0.15) is 0 Å². The number of nitrogens with one attached hydrogen (secondary N) is 4. The Morgan fingerprint density at radius 2 is 1.34 bits per heavy atom. The Bertz CT molecular complexity index is 1780. The van der Waals surface area contributed by atoms with Crippen LogP contribution in [0.3, 0.4) is 0 Å². The summed E-state index contributed by atoms with van der Waals surface area (Å²) in [5.41, 5.74) is 8.59. The smallest absolute Gasteiger partial charge is 0.305 e. The molecule has 14 nitrogen and oxygen atoms in total. The number of ether oxygens (including phenoxy) is 1. The largest absolute Gasteiger partial charge is 0.490 e. The molecule has 5 amide bonds. The van der Waals surface area contributed by atoms with E-state index in [9.17, 15) is 33.9 Å². The molecule has 0 spiro atoms. The van der Waals surface area contributed by atoms with Crippen molar-refractivity contribution >= 4 is 35.5 Å². The average molecular weight is 771 g/mol. The molecule has 0 radical (unpaired) electrons. The third-order valence-electron chi connectivity index (χ3n) is 9.67. The van der Waals surface area contributed by atoms with Crippen molar-refractivity contribution in [1.82, 2.24) is 26.2 Å². The summed E-state index contributed by atoms with van der Waals surface area (Å²) in [5, 5.41) is 19.6. The van der Waals surface area contributed by atoms with Crippen molar-refractivity contribution in [2.24, 2.45) is 11.7 Å². The number of carboxylic acids is 1. The fraction of sp³-hybridized carbons (Fsp3) is 0.429. The second-order valence-corrected chi connectivity index (χ2v) is 14.5. The van der Waals surface area contributed by atoms with Crippen LogP contribution < -0.4 is 31.7 Å². The van der Waals surface area contributed by atoms with Crippen LogP contribution in [0.5, 0.6) is 5.75 Å². The van der Waals surface area contributed by atoms with Crippen molar-refractivity contribution in [3.8, 4) is 5.75 Å². The summed E-state index contributed by atoms with van der Waals surface area (Å²) in [6, 6.07) is 22.3. The van der Waals surface area contributed by atoms with E-state index in [0.29, 0.717) is 6.54 Å². The molecule has 0 bridgehead atoms. The molecule has 1 aliphatic rings. The Morgan fingerprint density at radius 3 is 1.95 bits per heavy atom. The maximum absolute atomic E-state index is 13.4. The van der Waals surface area contributed by atoms with E-state index in [1.54, 1.807) is 44.2 Å². The monoisotopic (exact) mass is 770 g/mol. The van der Waals surface area contributed by atoms with Gasteiger partial charge in [0, 0.05) is 38.9 Å². The molecule has 3 aromatic carbocycles. The Kier molecular flexibility index (Phi) is 16.4. The zero-order valence-corrected chi connectivity index (χ0v) is 32.2. The summed E-state index contributed by atoms with van der Waals surface area (Å²) in [7, 11) is 0. The quantitative estimate of drug-likeness (QED) is 0.0995. The Morgan fingerprint density at radius 1 is 0.750 bits per heavy atom. The minimum absolute atomic E-state index is 0.0473. The number of nitrogens with zero attached hydrogens (tertiary/aromatic N) is 1. The van der Waals surface area contributed by atoms with Crippen LogP contribution in [-0.4, -0.2) is 95.4 Å². The lowest BCUT2D eigenvalue weighted by molar-refractivity contribution is -0.141. The first-order valence-corrected chi connectivity index (χ1v) is 19.0. The Balaban J connectivity index is 1.24. The van der Waals surface area contributed by atoms with E-state index in [-0.39, 0.29) is 24.9 Å². The molecule has 0 aromatic heterocycles. The number of benzene rings is 3. The van der Waals surface area contributed by atoms with Crippen molar-refractivity contribution in [3.05, 3.63) is 102 Å². The van der Waals surface area contributed by atoms with Gasteiger partial charge in [-0.3, -0.25) is 28.8 Å². The van der Waals surface area contributed by atoms with Crippen LogP contribution in [0.2, 0.25) is 0 Å². The number of hydrogen-bond donors (Lipinski definition) is 6. The summed E-state index contributed by atoms with van der Waals surface area (Å²) in [5.74, 6) is -4.42. The molecular weight excluding hydrogens is 716 g/mol. The molecule has 1 heterocycles. The number of para-hydroxylation sites is 1. The van der Waals surface area contributed by atoms with Gasteiger partial charge in [0.2, 0.25) is 29.5 Å². The first-order chi connectivity index (χ1) is 26.8. The number of aliphatic carboxylic acids is 1. The molecule has 7 N–H and O–H groups in total. The number of carboxylic acid groups (broad SMARTS) is 1. The lowest BCUT2D eigenvalue weighted by Gasteiger charge is -2.32. The molecule has 1 saturated heterocycles. The van der Waals surface area contributed by atoms with E-state index >= 15 is 0 Å². The molecule has 300 valence electrons. The molecule has 3 aromatic rings. The number of likely N-dealkylation sites (tertiary alicyclic amines) is 1. The van der Waals surface area contributed by atoms with Gasteiger partial charge in [0.25, 0.3) is 0 Å². The summed E-state index contributed by atoms with van der Waals surface area (Å²) in [6.07, 6.45) is 1.90. The van der Waals surface area contributed by atoms with Crippen molar-refractivity contribution in [2.45, 2.75) is 89.6 Å². The van der Waals surface area contributed by atoms with Crippen LogP contribution in [0, 0.1) is 5.92 Å². The molecule has 0 saturated carbocycles. The minimum atomic E-state index is -1.56. The standard InChI is InChI=1S/C42H54N6O8/c1-27(2)38(42(55)46-34(26-37(50)51)41(54)44-28(3)40(53)45-33(39(43)52)25-30-14-8-5-9-15-30)47-36(49)20-23-48-21-18-32(19-22-48)56-35-17-11-10-16-31(35)24-29-12-6-4-7-13-29/h4-17,27-28,32-34,38H,18-26H2,1-3H3,(H2,43,52)(H,44,54)(H,45,53)(H,46,55)(H,47,49)(H,50,51)/t28-,33+,34-,38-/m0/s1. The van der Waals surface area contributed by atoms with Crippen molar-refractivity contribution in [1.29, 1.82) is 0 Å². The molecule has 1 aliphatic heterocycles. The van der Waals surface area contributed by atoms with E-state index in [2.05, 4.69) is 44.4 Å². The SMILES string of the molecule is CC(C)[C@H](NC(=O)CCN1CCC(Oc2ccccc2Cc2ccccc2)CC1)C(=O)N[C@@H](CC(=O)O)C(=O)N[C@@H](C)C(=O)N[C@H](Cc1ccccc1)C(N)=O. The summed E-state index contributed by atoms with van der Waals surface area (Å²) < 4.78 is 6.43. The van der Waals surface area contributed by atoms with Crippen LogP contribution in [-0.2, 0) is 41.6 Å². The van der Waals surface area contributed by atoms with Crippen LogP contribution in [0.4, 0.5) is 0 Å². The van der Waals surface area contributed by atoms with Crippen LogP contribution in [0.15, 0.2) is 84.9 Å². The fourth-order valence-electron chi connectivity index (χ4n) is 6.45. The third-order valence-corrected chi connectivity index (χ3v) is 9.67. The predicted octanol–water partition coefficient (Wildman–Crippen LogP) is 2.33. The first-order valence-electron chi connectivity index (χ1n) is 19.0. The van der Waals surface area contributed by atoms with Crippen LogP contribution in [0.25, 0.3) is 0 Å². The number of primary amides is 1. The van der Waals surface area contributed by atoms with Crippen LogP contribution in [0.1, 0.15) is 63.1 Å². The first kappa shape index (κ1) is 43.0. The van der Waals surface area contributed by atoms with E-state index < -0.39 is 66.1 Å². The average Bonchev–Trinajstić information content (AvgIpc) is 3.17. The van der Waals surface area contributed by atoms with Gasteiger partial charge in [-0.1, -0.05) is 92.7 Å². The molecular formula is C42H54N6O8. The van der Waals surface area contributed by atoms with Gasteiger partial charge in [-0.15, -0.1) is 0 Å². The van der Waals surface area contributed by atoms with Crippen molar-refractivity contribution in [2.75, 3.05) is 19.6 Å². The Labute approximate surface area is 327 Å². The highest BCUT2D eigenvalue weighted by Crippen LogP contribution is 2.25. The van der Waals surface area contributed by atoms with Crippen LogP contribution >= 0.6 is 0 Å². The highest BCUT2D eigenvalue weighted by Gasteiger charge is 2.32. The van der Waals surface area contributed by atoms with Gasteiger partial charge in [0.05, 0.1) is 6.42 Å². The minimum Gasteiger partial charge on any atom is -0.490 e. The number of rotatable bonds is 20. The lowest BCUT2D eigenvalue weighted by atomic mass is 10.0. The van der Waals surface area contributed by atoms with Gasteiger partial charge in [-0.05, 0) is 48.4 Å². The van der Waals surface area contributed by atoms with Gasteiger partial charge in [0.15, 0.2) is 0 Å². The zero-order chi connectivity index (χ0) is 40.6. The second-order valence-electron chi connectivity index (χ2n) is 14.5. The van der Waals surface area contributed by atoms with Crippen molar-refractivity contribution in [3.63, 3.8) is 0 Å². The molecule has 4 atom stereocenters. The third kappa shape index (κ3) is 13.8. The highest BCUT2D eigenvalue weighted by molar-refractivity contribution is 5.96. The molecule has 0 unspecified atom stereocenters. The van der Waals surface area contributed by atoms with Gasteiger partial charge >= 0.3 is 5.97 Å². The second kappa shape index (κ2) is 21.4. The van der Waals surface area contributed by atoms with Gasteiger partial charge in [0.1, 0.15) is 36.0 Å². The maximum atomic E-state index is 13.4. The maximum Gasteiger partial charge on any atom is 0.305 e. The molecule has 4 rings (SSSR count). The number of nitrogens with two attached hydrogens (primary N) is 1. The highest BCUT2D eigenvalue weighted by atomic mass is 16.5. The van der Waals surface area contributed by atoms with E-state index in [1.165, 1.54) is 12.5 Å². The summed E-state index contributed by atoms with van der Waals surface area (Å²) in [6.45, 7) is 6.75. The lowest BCUT2D eigenvalue weighted by Crippen LogP contribution is -2.58. The molecule has 56 heavy (non-hydrogen) atoms. The van der Waals surface area contributed by atoms with E-state index in [4.69, 9.17) is 10.5 Å². The number of amides is 5. The fourth-order valence-corrected chi connectivity index (χ4v) is 6.45. The van der Waals surface area contributed by atoms with Gasteiger partial charge in [-0.25, -0.2) is 0 Å². The van der Waals surface area contributed by atoms with Crippen molar-refractivity contribution < 1.29 is 38.6 Å². The molecule has 0 aliphatic carbocycles. The number of carbonyl (C=O) groups is 6. The zero-order valence-electron chi connectivity index (χ0n) is 32.2. The van der Waals surface area contributed by atoms with Gasteiger partial charge < -0.3 is 41.7 Å². The summed E-state index contributed by atoms with van der Waals surface area (Å²) in [4.78, 5) is 78.5. The normalized spacial score (nSPS) is 15.4. The molecule has 1 fully saturated rings. The summed E-state index contributed by atoms with van der Waals surface area (Å²) >= 11 is 0. The topological polar surface area (TPSA) is 209 Å². The predicted molar refractivity (Wildman–Crippen MR) is 210 cm³/mol. The Hall–Kier alpha value is -5.76. The number of hydrogen-bond acceptors (Lipinski definition) is 8. The van der Waals surface area contributed by atoms with E-state index in [1.807, 2.05) is 36.4 Å².